The fraction of sp³-hybridized carbons (Fsp3) is 1.00. The summed E-state index contributed by atoms with van der Waals surface area (Å²) in [5.74, 6) is 1.46. The molecule has 116 valence electrons. The van der Waals surface area contributed by atoms with Gasteiger partial charge in [0, 0.05) is 32.3 Å². The van der Waals surface area contributed by atoms with Crippen LogP contribution in [0.3, 0.4) is 0 Å². The van der Waals surface area contributed by atoms with Gasteiger partial charge in [0.1, 0.15) is 0 Å². The molecular formula is C17H32N2O. The monoisotopic (exact) mass is 280 g/mol. The van der Waals surface area contributed by atoms with E-state index in [1.165, 1.54) is 64.6 Å². The highest BCUT2D eigenvalue weighted by molar-refractivity contribution is 4.93. The van der Waals surface area contributed by atoms with E-state index in [0.29, 0.717) is 17.9 Å². The number of aliphatic hydroxyl groups is 1. The summed E-state index contributed by atoms with van der Waals surface area (Å²) >= 11 is 0. The smallest absolute Gasteiger partial charge is 0.0471 e. The van der Waals surface area contributed by atoms with Crippen LogP contribution in [0.5, 0.6) is 0 Å². The maximum atomic E-state index is 9.33. The van der Waals surface area contributed by atoms with E-state index >= 15 is 0 Å². The van der Waals surface area contributed by atoms with Crippen LogP contribution in [0, 0.1) is 17.3 Å². The van der Waals surface area contributed by atoms with Crippen molar-refractivity contribution in [3.63, 3.8) is 0 Å². The Morgan fingerprint density at radius 1 is 1.15 bits per heavy atom. The predicted molar refractivity (Wildman–Crippen MR) is 82.7 cm³/mol. The van der Waals surface area contributed by atoms with E-state index in [-0.39, 0.29) is 0 Å². The van der Waals surface area contributed by atoms with Gasteiger partial charge in [-0.25, -0.2) is 0 Å². The van der Waals surface area contributed by atoms with Crippen molar-refractivity contribution in [3.8, 4) is 0 Å². The van der Waals surface area contributed by atoms with Gasteiger partial charge in [-0.15, -0.1) is 0 Å². The first-order valence-corrected chi connectivity index (χ1v) is 8.76. The molecule has 2 saturated carbocycles. The Kier molecular flexibility index (Phi) is 4.68. The number of hydrogen-bond donors (Lipinski definition) is 2. The standard InChI is InChI=1S/C17H32N2O/c1-14-4-7-17(8-5-14,12-18-16-2-3-16)13-19-9-6-15(10-19)11-20/h14-16,18,20H,2-13H2,1H3. The van der Waals surface area contributed by atoms with Crippen molar-refractivity contribution in [2.75, 3.05) is 32.8 Å². The van der Waals surface area contributed by atoms with Crippen molar-refractivity contribution in [1.29, 1.82) is 0 Å². The summed E-state index contributed by atoms with van der Waals surface area (Å²) in [5.41, 5.74) is 0.513. The van der Waals surface area contributed by atoms with Crippen molar-refractivity contribution in [1.82, 2.24) is 10.2 Å². The molecule has 3 aliphatic rings. The third kappa shape index (κ3) is 3.75. The molecule has 1 unspecified atom stereocenters. The lowest BCUT2D eigenvalue weighted by atomic mass is 9.70. The Labute approximate surface area is 124 Å². The fourth-order valence-corrected chi connectivity index (χ4v) is 4.09. The third-order valence-corrected chi connectivity index (χ3v) is 5.87. The summed E-state index contributed by atoms with van der Waals surface area (Å²) < 4.78 is 0. The minimum absolute atomic E-state index is 0.376. The molecule has 2 N–H and O–H groups in total. The van der Waals surface area contributed by atoms with Gasteiger partial charge in [0.05, 0.1) is 0 Å². The normalized spacial score (nSPS) is 39.3. The molecule has 3 rings (SSSR count). The van der Waals surface area contributed by atoms with Crippen LogP contribution in [0.2, 0.25) is 0 Å². The van der Waals surface area contributed by atoms with Gasteiger partial charge < -0.3 is 15.3 Å². The van der Waals surface area contributed by atoms with Crippen molar-refractivity contribution in [2.45, 2.75) is 57.9 Å². The average molecular weight is 280 g/mol. The first kappa shape index (κ1) is 14.8. The zero-order valence-corrected chi connectivity index (χ0v) is 13.1. The van der Waals surface area contributed by atoms with Crippen molar-refractivity contribution < 1.29 is 5.11 Å². The molecule has 1 aliphatic heterocycles. The number of nitrogens with one attached hydrogen (secondary N) is 1. The number of aliphatic hydroxyl groups excluding tert-OH is 1. The van der Waals surface area contributed by atoms with Crippen LogP contribution < -0.4 is 5.32 Å². The Morgan fingerprint density at radius 3 is 2.50 bits per heavy atom. The maximum absolute atomic E-state index is 9.33. The van der Waals surface area contributed by atoms with Gasteiger partial charge >= 0.3 is 0 Å². The molecule has 2 aliphatic carbocycles. The Balaban J connectivity index is 1.56. The molecule has 3 nitrogen and oxygen atoms in total. The van der Waals surface area contributed by atoms with Gasteiger partial charge in [-0.05, 0) is 55.9 Å². The summed E-state index contributed by atoms with van der Waals surface area (Å²) in [4.78, 5) is 2.63. The molecule has 0 amide bonds. The molecule has 1 heterocycles. The van der Waals surface area contributed by atoms with Gasteiger partial charge in [-0.1, -0.05) is 19.8 Å². The van der Waals surface area contributed by atoms with Crippen LogP contribution in [0.15, 0.2) is 0 Å². The largest absolute Gasteiger partial charge is 0.396 e. The summed E-state index contributed by atoms with van der Waals surface area (Å²) in [6, 6.07) is 0.829. The van der Waals surface area contributed by atoms with Crippen LogP contribution in [0.1, 0.15) is 51.9 Å². The molecule has 3 fully saturated rings. The molecule has 0 aromatic carbocycles. The molecule has 3 heteroatoms. The van der Waals surface area contributed by atoms with Crippen molar-refractivity contribution in [3.05, 3.63) is 0 Å². The topological polar surface area (TPSA) is 35.5 Å². The van der Waals surface area contributed by atoms with Gasteiger partial charge in [0.2, 0.25) is 0 Å². The van der Waals surface area contributed by atoms with Crippen LogP contribution >= 0.6 is 0 Å². The zero-order chi connectivity index (χ0) is 14.0. The fourth-order valence-electron chi connectivity index (χ4n) is 4.09. The highest BCUT2D eigenvalue weighted by Gasteiger charge is 2.38. The summed E-state index contributed by atoms with van der Waals surface area (Å²) in [6.07, 6.45) is 9.58. The van der Waals surface area contributed by atoms with Crippen molar-refractivity contribution >= 4 is 0 Å². The molecular weight excluding hydrogens is 248 g/mol. The summed E-state index contributed by atoms with van der Waals surface area (Å²) in [7, 11) is 0. The SMILES string of the molecule is CC1CCC(CNC2CC2)(CN2CCC(CO)C2)CC1. The third-order valence-electron chi connectivity index (χ3n) is 5.87. The Morgan fingerprint density at radius 2 is 1.90 bits per heavy atom. The predicted octanol–water partition coefficient (Wildman–Crippen LogP) is 2.25. The van der Waals surface area contributed by atoms with E-state index in [2.05, 4.69) is 17.1 Å². The van der Waals surface area contributed by atoms with E-state index in [9.17, 15) is 5.11 Å². The highest BCUT2D eigenvalue weighted by atomic mass is 16.3. The van der Waals surface area contributed by atoms with Crippen LogP contribution in [-0.4, -0.2) is 48.8 Å². The first-order valence-electron chi connectivity index (χ1n) is 8.76. The Hall–Kier alpha value is -0.120. The second kappa shape index (κ2) is 6.33. The molecule has 0 spiro atoms. The zero-order valence-electron chi connectivity index (χ0n) is 13.1. The highest BCUT2D eigenvalue weighted by Crippen LogP contribution is 2.40. The molecule has 0 aromatic heterocycles. The summed E-state index contributed by atoms with van der Waals surface area (Å²) in [6.45, 7) is 7.60. The van der Waals surface area contributed by atoms with Gasteiger partial charge in [0.25, 0.3) is 0 Å². The number of likely N-dealkylation sites (tertiary alicyclic amines) is 1. The molecule has 1 atom stereocenters. The van der Waals surface area contributed by atoms with E-state index in [0.717, 1.165) is 18.5 Å². The molecule has 0 aromatic rings. The first-order chi connectivity index (χ1) is 9.69. The second-order valence-electron chi connectivity index (χ2n) is 7.91. The van der Waals surface area contributed by atoms with Gasteiger partial charge in [-0.3, -0.25) is 0 Å². The Bertz CT molecular complexity index is 308. The van der Waals surface area contributed by atoms with Gasteiger partial charge in [-0.2, -0.15) is 0 Å². The van der Waals surface area contributed by atoms with E-state index in [4.69, 9.17) is 0 Å². The van der Waals surface area contributed by atoms with Gasteiger partial charge in [0.15, 0.2) is 0 Å². The average Bonchev–Trinajstić information content (AvgIpc) is 3.19. The minimum atomic E-state index is 0.376. The second-order valence-corrected chi connectivity index (χ2v) is 7.91. The number of hydrogen-bond acceptors (Lipinski definition) is 3. The molecule has 20 heavy (non-hydrogen) atoms. The van der Waals surface area contributed by atoms with E-state index in [1.807, 2.05) is 0 Å². The summed E-state index contributed by atoms with van der Waals surface area (Å²) in [5, 5.41) is 13.1. The number of nitrogens with zero attached hydrogens (tertiary/aromatic N) is 1. The quantitative estimate of drug-likeness (QED) is 0.783. The van der Waals surface area contributed by atoms with E-state index < -0.39 is 0 Å². The lowest BCUT2D eigenvalue weighted by Gasteiger charge is -2.42. The van der Waals surface area contributed by atoms with E-state index in [1.54, 1.807) is 0 Å². The van der Waals surface area contributed by atoms with Crippen LogP contribution in [0.25, 0.3) is 0 Å². The number of rotatable bonds is 6. The maximum Gasteiger partial charge on any atom is 0.0471 e. The van der Waals surface area contributed by atoms with Crippen LogP contribution in [0.4, 0.5) is 0 Å². The lowest BCUT2D eigenvalue weighted by molar-refractivity contribution is 0.0936. The lowest BCUT2D eigenvalue weighted by Crippen LogP contribution is -2.46. The molecule has 0 radical (unpaired) electrons. The molecule has 1 saturated heterocycles. The van der Waals surface area contributed by atoms with Crippen molar-refractivity contribution in [2.24, 2.45) is 17.3 Å². The molecule has 0 bridgehead atoms. The van der Waals surface area contributed by atoms with Crippen LogP contribution in [-0.2, 0) is 0 Å². The minimum Gasteiger partial charge on any atom is -0.396 e.